The Labute approximate surface area is 150 Å². The second kappa shape index (κ2) is 8.39. The van der Waals surface area contributed by atoms with Crippen LogP contribution in [0.4, 0.5) is 5.13 Å². The minimum absolute atomic E-state index is 0.00588. The maximum atomic E-state index is 12.1. The van der Waals surface area contributed by atoms with E-state index in [1.165, 1.54) is 18.3 Å². The third kappa shape index (κ3) is 4.88. The zero-order valence-electron chi connectivity index (χ0n) is 14.4. The highest BCUT2D eigenvalue weighted by Crippen LogP contribution is 2.34. The molecule has 0 aromatic carbocycles. The second-order valence-electron chi connectivity index (χ2n) is 5.78. The Morgan fingerprint density at radius 2 is 2.04 bits per heavy atom. The Morgan fingerprint density at radius 3 is 2.71 bits per heavy atom. The molecule has 0 radical (unpaired) electrons. The molecule has 2 N–H and O–H groups in total. The number of nitrogens with zero attached hydrogens (tertiary/aromatic N) is 1. The molecule has 2 amide bonds. The summed E-state index contributed by atoms with van der Waals surface area (Å²) in [4.78, 5) is 30.9. The molecule has 7 heteroatoms. The topological polar surface area (TPSA) is 71.1 Å². The van der Waals surface area contributed by atoms with E-state index < -0.39 is 0 Å². The fourth-order valence-corrected chi connectivity index (χ4v) is 4.17. The Balaban J connectivity index is 2.08. The van der Waals surface area contributed by atoms with Crippen LogP contribution in [-0.2, 0) is 16.1 Å². The van der Waals surface area contributed by atoms with E-state index in [0.717, 1.165) is 33.2 Å². The van der Waals surface area contributed by atoms with Crippen LogP contribution in [0.2, 0.25) is 0 Å². The van der Waals surface area contributed by atoms with E-state index in [0.29, 0.717) is 11.7 Å². The van der Waals surface area contributed by atoms with Gasteiger partial charge in [0.1, 0.15) is 0 Å². The molecular formula is C17H23N3O2S2. The fourth-order valence-electron chi connectivity index (χ4n) is 2.28. The molecule has 0 aliphatic carbocycles. The number of nitrogens with one attached hydrogen (secondary N) is 2. The maximum Gasteiger partial charge on any atom is 0.228 e. The molecule has 0 fully saturated rings. The summed E-state index contributed by atoms with van der Waals surface area (Å²) in [5.74, 6) is -0.0238. The lowest BCUT2D eigenvalue weighted by atomic mass is 10.1. The van der Waals surface area contributed by atoms with E-state index in [1.807, 2.05) is 26.0 Å². The van der Waals surface area contributed by atoms with Crippen molar-refractivity contribution in [2.75, 3.05) is 5.32 Å². The van der Waals surface area contributed by atoms with Gasteiger partial charge >= 0.3 is 0 Å². The monoisotopic (exact) mass is 365 g/mol. The van der Waals surface area contributed by atoms with Crippen LogP contribution in [0.1, 0.15) is 43.4 Å². The average molecular weight is 366 g/mol. The number of anilines is 1. The first kappa shape index (κ1) is 18.6. The number of hydrogen-bond donors (Lipinski definition) is 2. The molecule has 24 heavy (non-hydrogen) atoms. The highest BCUT2D eigenvalue weighted by Gasteiger charge is 2.17. The summed E-state index contributed by atoms with van der Waals surface area (Å²) in [5, 5.41) is 6.36. The van der Waals surface area contributed by atoms with E-state index >= 15 is 0 Å². The maximum absolute atomic E-state index is 12.1. The molecule has 0 saturated heterocycles. The average Bonchev–Trinajstić information content (AvgIpc) is 3.11. The van der Waals surface area contributed by atoms with Crippen LogP contribution < -0.4 is 10.6 Å². The summed E-state index contributed by atoms with van der Waals surface area (Å²) in [5.41, 5.74) is 0.900. The van der Waals surface area contributed by atoms with Gasteiger partial charge in [0.2, 0.25) is 11.8 Å². The van der Waals surface area contributed by atoms with Gasteiger partial charge < -0.3 is 10.6 Å². The Kier molecular flexibility index (Phi) is 6.51. The molecule has 1 unspecified atom stereocenters. The normalized spacial score (nSPS) is 12.0. The number of amides is 2. The lowest BCUT2D eigenvalue weighted by Crippen LogP contribution is -2.19. The number of aromatic nitrogens is 1. The van der Waals surface area contributed by atoms with Gasteiger partial charge in [-0.25, -0.2) is 4.98 Å². The molecule has 130 valence electrons. The standard InChI is InChI=1S/C17H23N3O2S2/c1-5-6-10(2)16(22)20-17-19-15(11(3)23-17)14-8-7-13(24-14)9-18-12(4)21/h7-8,10H,5-6,9H2,1-4H3,(H,18,21)(H,19,20,22). The van der Waals surface area contributed by atoms with E-state index in [9.17, 15) is 9.59 Å². The van der Waals surface area contributed by atoms with Gasteiger partial charge in [0, 0.05) is 22.6 Å². The van der Waals surface area contributed by atoms with Gasteiger partial charge in [0.05, 0.1) is 17.1 Å². The molecule has 1 atom stereocenters. The van der Waals surface area contributed by atoms with Gasteiger partial charge in [-0.2, -0.15) is 0 Å². The summed E-state index contributed by atoms with van der Waals surface area (Å²) in [6.07, 6.45) is 1.86. The second-order valence-corrected chi connectivity index (χ2v) is 8.15. The van der Waals surface area contributed by atoms with Crippen molar-refractivity contribution < 1.29 is 9.59 Å². The number of hydrogen-bond acceptors (Lipinski definition) is 5. The molecule has 5 nitrogen and oxygen atoms in total. The first-order valence-electron chi connectivity index (χ1n) is 8.02. The number of carbonyl (C=O) groups excluding carboxylic acids is 2. The van der Waals surface area contributed by atoms with Gasteiger partial charge in [0.25, 0.3) is 0 Å². The minimum Gasteiger partial charge on any atom is -0.351 e. The molecule has 0 aliphatic rings. The molecule has 2 aromatic rings. The van der Waals surface area contributed by atoms with Crippen molar-refractivity contribution in [1.82, 2.24) is 10.3 Å². The zero-order chi connectivity index (χ0) is 17.7. The SMILES string of the molecule is CCCC(C)C(=O)Nc1nc(-c2ccc(CNC(C)=O)s2)c(C)s1. The lowest BCUT2D eigenvalue weighted by Gasteiger charge is -2.08. The van der Waals surface area contributed by atoms with Crippen LogP contribution in [0.5, 0.6) is 0 Å². The van der Waals surface area contributed by atoms with Gasteiger partial charge in [-0.1, -0.05) is 20.3 Å². The predicted octanol–water partition coefficient (Wildman–Crippen LogP) is 4.19. The van der Waals surface area contributed by atoms with E-state index in [-0.39, 0.29) is 17.7 Å². The largest absolute Gasteiger partial charge is 0.351 e. The zero-order valence-corrected chi connectivity index (χ0v) is 16.1. The quantitative estimate of drug-likeness (QED) is 0.773. The molecule has 0 spiro atoms. The molecule has 2 heterocycles. The number of carbonyl (C=O) groups is 2. The van der Waals surface area contributed by atoms with Crippen molar-refractivity contribution >= 4 is 39.6 Å². The van der Waals surface area contributed by atoms with E-state index in [2.05, 4.69) is 22.5 Å². The summed E-state index contributed by atoms with van der Waals surface area (Å²) in [7, 11) is 0. The van der Waals surface area contributed by atoms with Crippen LogP contribution in [0, 0.1) is 12.8 Å². The Bertz CT molecular complexity index is 721. The van der Waals surface area contributed by atoms with Crippen molar-refractivity contribution in [3.05, 3.63) is 21.9 Å². The van der Waals surface area contributed by atoms with E-state index in [1.54, 1.807) is 11.3 Å². The molecule has 0 aliphatic heterocycles. The molecule has 0 bridgehead atoms. The van der Waals surface area contributed by atoms with Crippen molar-refractivity contribution in [2.45, 2.75) is 47.1 Å². The molecule has 2 rings (SSSR count). The number of thiophene rings is 1. The van der Waals surface area contributed by atoms with Crippen molar-refractivity contribution in [3.63, 3.8) is 0 Å². The van der Waals surface area contributed by atoms with Gasteiger partial charge in [-0.05, 0) is 25.5 Å². The summed E-state index contributed by atoms with van der Waals surface area (Å²) < 4.78 is 0. The third-order valence-electron chi connectivity index (χ3n) is 3.60. The van der Waals surface area contributed by atoms with Crippen LogP contribution in [-0.4, -0.2) is 16.8 Å². The number of thiazole rings is 1. The Hall–Kier alpha value is -1.73. The van der Waals surface area contributed by atoms with Crippen molar-refractivity contribution in [2.24, 2.45) is 5.92 Å². The molecule has 0 saturated carbocycles. The highest BCUT2D eigenvalue weighted by molar-refractivity contribution is 7.18. The minimum atomic E-state index is -0.0408. The number of aryl methyl sites for hydroxylation is 1. The smallest absolute Gasteiger partial charge is 0.228 e. The van der Waals surface area contributed by atoms with Crippen molar-refractivity contribution in [1.29, 1.82) is 0 Å². The predicted molar refractivity (Wildman–Crippen MR) is 100 cm³/mol. The van der Waals surface area contributed by atoms with Gasteiger partial charge in [-0.3, -0.25) is 9.59 Å². The first-order valence-corrected chi connectivity index (χ1v) is 9.65. The first-order chi connectivity index (χ1) is 11.4. The third-order valence-corrected chi connectivity index (χ3v) is 5.58. The lowest BCUT2D eigenvalue weighted by molar-refractivity contribution is -0.120. The summed E-state index contributed by atoms with van der Waals surface area (Å²) >= 11 is 3.10. The highest BCUT2D eigenvalue weighted by atomic mass is 32.1. The molecular weight excluding hydrogens is 342 g/mol. The van der Waals surface area contributed by atoms with Crippen molar-refractivity contribution in [3.8, 4) is 10.6 Å². The fraction of sp³-hybridized carbons (Fsp3) is 0.471. The van der Waals surface area contributed by atoms with Gasteiger partial charge in [0.15, 0.2) is 5.13 Å². The van der Waals surface area contributed by atoms with E-state index in [4.69, 9.17) is 0 Å². The number of rotatable bonds is 7. The van der Waals surface area contributed by atoms with Gasteiger partial charge in [-0.15, -0.1) is 22.7 Å². The van der Waals surface area contributed by atoms with Crippen LogP contribution >= 0.6 is 22.7 Å². The van der Waals surface area contributed by atoms with Crippen LogP contribution in [0.15, 0.2) is 12.1 Å². The Morgan fingerprint density at radius 1 is 1.29 bits per heavy atom. The summed E-state index contributed by atoms with van der Waals surface area (Å²) in [6.45, 7) is 8.05. The summed E-state index contributed by atoms with van der Waals surface area (Å²) in [6, 6.07) is 4.01. The van der Waals surface area contributed by atoms with Crippen LogP contribution in [0.3, 0.4) is 0 Å². The van der Waals surface area contributed by atoms with Crippen LogP contribution in [0.25, 0.3) is 10.6 Å². The molecule has 2 aromatic heterocycles.